The molecule has 0 aliphatic heterocycles. The largest absolute Gasteiger partial charge is 0.480 e. The lowest BCUT2D eigenvalue weighted by Crippen LogP contribution is -2.22. The Morgan fingerprint density at radius 3 is 2.39 bits per heavy atom. The standard InChI is InChI=1S/C23H20N6O4/c1-14-6-2-5-9-18(14)25-22(32)27-21-26-20(24-13-19(30)31)28-23(29-21)33-17-11-10-15-7-3-4-8-16(15)12-17/h2-12H,13H2,1H3,(H,30,31)(H3,24,25,26,27,28,29,32). The van der Waals surface area contributed by atoms with Crippen molar-refractivity contribution in [2.45, 2.75) is 6.92 Å². The first-order valence-corrected chi connectivity index (χ1v) is 9.98. The summed E-state index contributed by atoms with van der Waals surface area (Å²) in [5.74, 6) is -0.798. The fraction of sp³-hybridized carbons (Fsp3) is 0.0870. The molecule has 0 aliphatic carbocycles. The van der Waals surface area contributed by atoms with Crippen LogP contribution in [0.4, 0.5) is 22.4 Å². The number of anilines is 3. The number of aryl methyl sites for hydroxylation is 1. The van der Waals surface area contributed by atoms with Gasteiger partial charge in [0, 0.05) is 5.69 Å². The van der Waals surface area contributed by atoms with Crippen molar-refractivity contribution in [2.75, 3.05) is 22.5 Å². The van der Waals surface area contributed by atoms with Crippen molar-refractivity contribution >= 4 is 40.4 Å². The number of para-hydroxylation sites is 1. The minimum atomic E-state index is -1.10. The molecule has 1 heterocycles. The van der Waals surface area contributed by atoms with E-state index in [2.05, 4.69) is 30.9 Å². The molecule has 0 saturated carbocycles. The molecule has 10 nitrogen and oxygen atoms in total. The number of aliphatic carboxylic acids is 1. The van der Waals surface area contributed by atoms with E-state index in [1.165, 1.54) is 0 Å². The predicted molar refractivity (Wildman–Crippen MR) is 124 cm³/mol. The average Bonchev–Trinajstić information content (AvgIpc) is 2.79. The van der Waals surface area contributed by atoms with E-state index in [1.807, 2.05) is 55.5 Å². The third-order valence-electron chi connectivity index (χ3n) is 4.56. The fourth-order valence-electron chi connectivity index (χ4n) is 3.00. The first-order valence-electron chi connectivity index (χ1n) is 9.98. The predicted octanol–water partition coefficient (Wildman–Crippen LogP) is 4.27. The van der Waals surface area contributed by atoms with Gasteiger partial charge in [-0.15, -0.1) is 0 Å². The minimum Gasteiger partial charge on any atom is -0.480 e. The van der Waals surface area contributed by atoms with Gasteiger partial charge in [-0.05, 0) is 41.5 Å². The molecule has 0 unspecified atom stereocenters. The normalized spacial score (nSPS) is 10.5. The third kappa shape index (κ3) is 5.70. The van der Waals surface area contributed by atoms with Crippen LogP contribution in [0.5, 0.6) is 11.8 Å². The van der Waals surface area contributed by atoms with Gasteiger partial charge in [0.1, 0.15) is 12.3 Å². The van der Waals surface area contributed by atoms with Gasteiger partial charge in [-0.2, -0.15) is 15.0 Å². The van der Waals surface area contributed by atoms with Gasteiger partial charge in [0.15, 0.2) is 0 Å². The monoisotopic (exact) mass is 444 g/mol. The molecule has 4 N–H and O–H groups in total. The molecule has 0 atom stereocenters. The molecule has 4 rings (SSSR count). The number of fused-ring (bicyclic) bond motifs is 1. The lowest BCUT2D eigenvalue weighted by Gasteiger charge is -2.11. The Bertz CT molecular complexity index is 1330. The van der Waals surface area contributed by atoms with Crippen molar-refractivity contribution in [3.05, 3.63) is 72.3 Å². The quantitative estimate of drug-likeness (QED) is 0.332. The molecule has 4 aromatic rings. The summed E-state index contributed by atoms with van der Waals surface area (Å²) < 4.78 is 5.77. The Morgan fingerprint density at radius 2 is 1.61 bits per heavy atom. The number of rotatable bonds is 7. The number of carbonyl (C=O) groups is 2. The van der Waals surface area contributed by atoms with Crippen LogP contribution in [0.3, 0.4) is 0 Å². The van der Waals surface area contributed by atoms with E-state index < -0.39 is 18.5 Å². The SMILES string of the molecule is Cc1ccccc1NC(=O)Nc1nc(NCC(=O)O)nc(Oc2ccc3ccccc3c2)n1. The lowest BCUT2D eigenvalue weighted by atomic mass is 10.1. The number of urea groups is 1. The zero-order valence-corrected chi connectivity index (χ0v) is 17.6. The number of carbonyl (C=O) groups excluding carboxylic acids is 1. The molecule has 10 heteroatoms. The van der Waals surface area contributed by atoms with Gasteiger partial charge >= 0.3 is 18.0 Å². The molecule has 166 valence electrons. The highest BCUT2D eigenvalue weighted by molar-refractivity contribution is 5.99. The highest BCUT2D eigenvalue weighted by Crippen LogP contribution is 2.25. The van der Waals surface area contributed by atoms with E-state index in [1.54, 1.807) is 18.2 Å². The van der Waals surface area contributed by atoms with E-state index in [0.29, 0.717) is 11.4 Å². The second kappa shape index (κ2) is 9.60. The highest BCUT2D eigenvalue weighted by Gasteiger charge is 2.13. The van der Waals surface area contributed by atoms with Crippen molar-refractivity contribution in [3.63, 3.8) is 0 Å². The molecule has 0 bridgehead atoms. The second-order valence-corrected chi connectivity index (χ2v) is 7.02. The van der Waals surface area contributed by atoms with Crippen molar-refractivity contribution in [1.82, 2.24) is 15.0 Å². The molecule has 0 aliphatic rings. The van der Waals surface area contributed by atoms with Gasteiger partial charge in [-0.3, -0.25) is 10.1 Å². The van der Waals surface area contributed by atoms with Crippen LogP contribution in [0.25, 0.3) is 10.8 Å². The first-order chi connectivity index (χ1) is 16.0. The minimum absolute atomic E-state index is 0.0608. The van der Waals surface area contributed by atoms with E-state index >= 15 is 0 Å². The number of ether oxygens (including phenoxy) is 1. The number of carboxylic acid groups (broad SMARTS) is 1. The van der Waals surface area contributed by atoms with Crippen LogP contribution in [-0.4, -0.2) is 38.6 Å². The van der Waals surface area contributed by atoms with Crippen molar-refractivity contribution in [3.8, 4) is 11.8 Å². The maximum atomic E-state index is 12.4. The summed E-state index contributed by atoms with van der Waals surface area (Å²) >= 11 is 0. The van der Waals surface area contributed by atoms with Gasteiger partial charge in [0.25, 0.3) is 0 Å². The van der Waals surface area contributed by atoms with E-state index in [-0.39, 0.29) is 17.9 Å². The maximum Gasteiger partial charge on any atom is 0.328 e. The smallest absolute Gasteiger partial charge is 0.328 e. The number of amides is 2. The van der Waals surface area contributed by atoms with E-state index in [4.69, 9.17) is 9.84 Å². The van der Waals surface area contributed by atoms with Gasteiger partial charge in [0.05, 0.1) is 0 Å². The molecular formula is C23H20N6O4. The number of benzene rings is 3. The van der Waals surface area contributed by atoms with Crippen LogP contribution in [0.1, 0.15) is 5.56 Å². The fourth-order valence-corrected chi connectivity index (χ4v) is 3.00. The average molecular weight is 444 g/mol. The van der Waals surface area contributed by atoms with Crippen LogP contribution in [0.15, 0.2) is 66.7 Å². The zero-order valence-electron chi connectivity index (χ0n) is 17.6. The zero-order chi connectivity index (χ0) is 23.2. The Hall–Kier alpha value is -4.73. The van der Waals surface area contributed by atoms with Crippen LogP contribution in [-0.2, 0) is 4.79 Å². The molecular weight excluding hydrogens is 424 g/mol. The molecule has 33 heavy (non-hydrogen) atoms. The van der Waals surface area contributed by atoms with Crippen molar-refractivity contribution in [1.29, 1.82) is 0 Å². The van der Waals surface area contributed by atoms with Crippen LogP contribution < -0.4 is 20.7 Å². The van der Waals surface area contributed by atoms with Crippen molar-refractivity contribution in [2.24, 2.45) is 0 Å². The van der Waals surface area contributed by atoms with Crippen LogP contribution >= 0.6 is 0 Å². The number of aromatic nitrogens is 3. The Balaban J connectivity index is 1.57. The number of nitrogens with zero attached hydrogens (tertiary/aromatic N) is 3. The summed E-state index contributed by atoms with van der Waals surface area (Å²) in [6.45, 7) is 1.44. The van der Waals surface area contributed by atoms with Crippen molar-refractivity contribution < 1.29 is 19.4 Å². The second-order valence-electron chi connectivity index (χ2n) is 7.02. The molecule has 1 aromatic heterocycles. The summed E-state index contributed by atoms with van der Waals surface area (Å²) in [6, 6.07) is 19.8. The van der Waals surface area contributed by atoms with Gasteiger partial charge < -0.3 is 20.5 Å². The molecule has 0 radical (unpaired) electrons. The molecule has 0 fully saturated rings. The lowest BCUT2D eigenvalue weighted by molar-refractivity contribution is -0.134. The van der Waals surface area contributed by atoms with Gasteiger partial charge in [-0.1, -0.05) is 48.5 Å². The Labute approximate surface area is 188 Å². The highest BCUT2D eigenvalue weighted by atomic mass is 16.5. The summed E-state index contributed by atoms with van der Waals surface area (Å²) in [5, 5.41) is 18.7. The number of nitrogens with one attached hydrogen (secondary N) is 3. The summed E-state index contributed by atoms with van der Waals surface area (Å²) in [6.07, 6.45) is 0. The molecule has 3 aromatic carbocycles. The summed E-state index contributed by atoms with van der Waals surface area (Å²) in [5.41, 5.74) is 1.51. The van der Waals surface area contributed by atoms with Gasteiger partial charge in [0.2, 0.25) is 11.9 Å². The van der Waals surface area contributed by atoms with Crippen LogP contribution in [0, 0.1) is 6.92 Å². The number of hydrogen-bond acceptors (Lipinski definition) is 7. The topological polar surface area (TPSA) is 138 Å². The third-order valence-corrected chi connectivity index (χ3v) is 4.56. The van der Waals surface area contributed by atoms with E-state index in [9.17, 15) is 9.59 Å². The van der Waals surface area contributed by atoms with Crippen LogP contribution in [0.2, 0.25) is 0 Å². The summed E-state index contributed by atoms with van der Waals surface area (Å²) in [4.78, 5) is 35.7. The molecule has 0 saturated heterocycles. The Morgan fingerprint density at radius 1 is 0.879 bits per heavy atom. The number of hydrogen-bond donors (Lipinski definition) is 4. The molecule has 2 amide bonds. The summed E-state index contributed by atoms with van der Waals surface area (Å²) in [7, 11) is 0. The van der Waals surface area contributed by atoms with E-state index in [0.717, 1.165) is 16.3 Å². The number of carboxylic acids is 1. The maximum absolute atomic E-state index is 12.4. The first kappa shape index (κ1) is 21.5. The molecule has 0 spiro atoms. The Kier molecular flexibility index (Phi) is 6.26. The van der Waals surface area contributed by atoms with Gasteiger partial charge in [-0.25, -0.2) is 4.79 Å².